The Balaban J connectivity index is 1.37. The number of alkyl halides is 3. The summed E-state index contributed by atoms with van der Waals surface area (Å²) < 4.78 is 45.8. The van der Waals surface area contributed by atoms with Crippen LogP contribution in [0.5, 0.6) is 0 Å². The van der Waals surface area contributed by atoms with Crippen molar-refractivity contribution >= 4 is 40.1 Å². The Hall–Kier alpha value is -4.02. The molecular formula is C28H18ClF3N4O2S. The number of nitrogens with zero attached hydrogens (tertiary/aromatic N) is 3. The van der Waals surface area contributed by atoms with Crippen LogP contribution < -0.4 is 15.9 Å². The summed E-state index contributed by atoms with van der Waals surface area (Å²) in [5.41, 5.74) is 0.802. The summed E-state index contributed by atoms with van der Waals surface area (Å²) in [7, 11) is 0. The lowest BCUT2D eigenvalue weighted by Crippen LogP contribution is -2.50. The number of nitrogens with one attached hydrogen (secondary N) is 1. The molecule has 0 saturated heterocycles. The fraction of sp³-hybridized carbons (Fsp3) is 0.107. The number of carbonyl (C=O) groups excluding carboxylic acids is 1. The first-order valence-corrected chi connectivity index (χ1v) is 13.1. The van der Waals surface area contributed by atoms with E-state index in [1.165, 1.54) is 22.8 Å². The molecule has 6 rings (SSSR count). The topological polar surface area (TPSA) is 70.2 Å². The van der Waals surface area contributed by atoms with Gasteiger partial charge in [-0.1, -0.05) is 65.8 Å². The Bertz CT molecular complexity index is 1730. The third kappa shape index (κ3) is 5.05. The summed E-state index contributed by atoms with van der Waals surface area (Å²) in [5.74, 6) is 0.767. The Kier molecular flexibility index (Phi) is 6.44. The van der Waals surface area contributed by atoms with E-state index in [-0.39, 0.29) is 17.2 Å². The molecule has 0 aliphatic carbocycles. The number of hydrogen-bond acceptors (Lipinski definition) is 6. The average molecular weight is 567 g/mol. The number of hydrazone groups is 1. The van der Waals surface area contributed by atoms with Gasteiger partial charge in [0.2, 0.25) is 6.17 Å². The number of halogens is 4. The number of carbonyl (C=O) groups is 1. The average Bonchev–Trinajstić information content (AvgIpc) is 3.42. The second-order valence-corrected chi connectivity index (χ2v) is 10.2. The molecule has 0 unspecified atom stereocenters. The normalized spacial score (nSPS) is 16.7. The van der Waals surface area contributed by atoms with Crippen LogP contribution in [0.2, 0.25) is 5.02 Å². The molecule has 2 aliphatic heterocycles. The van der Waals surface area contributed by atoms with Crippen LogP contribution in [0.4, 0.5) is 13.2 Å². The van der Waals surface area contributed by atoms with Crippen LogP contribution >= 0.6 is 23.4 Å². The third-order valence-corrected chi connectivity index (χ3v) is 7.35. The van der Waals surface area contributed by atoms with E-state index < -0.39 is 17.9 Å². The molecule has 3 heterocycles. The monoisotopic (exact) mass is 566 g/mol. The first-order chi connectivity index (χ1) is 18.8. The number of rotatable bonds is 4. The number of furan rings is 1. The Labute approximate surface area is 229 Å². The van der Waals surface area contributed by atoms with Crippen molar-refractivity contribution in [2.45, 2.75) is 18.1 Å². The van der Waals surface area contributed by atoms with Crippen LogP contribution in [0.3, 0.4) is 0 Å². The van der Waals surface area contributed by atoms with Crippen LogP contribution in [-0.4, -0.2) is 16.1 Å². The van der Waals surface area contributed by atoms with Gasteiger partial charge >= 0.3 is 6.18 Å². The van der Waals surface area contributed by atoms with Crippen molar-refractivity contribution in [2.24, 2.45) is 10.1 Å². The standard InChI is InChI=1S/C28H18ClF3N4O2S/c29-19-10-8-16(9-11-19)15-39-27-34-26(37)24-20-6-1-2-7-21(20)33-25(36(24)35-27)23-13-12-22(38-23)17-4-3-5-18(14-17)28(30,31)32/h1-14,25H,15H2,(H,34,35,37)/t25-/m1/s1. The maximum atomic E-state index is 13.3. The van der Waals surface area contributed by atoms with E-state index in [1.54, 1.807) is 48.5 Å². The first kappa shape index (κ1) is 25.3. The van der Waals surface area contributed by atoms with E-state index in [1.807, 2.05) is 18.2 Å². The highest BCUT2D eigenvalue weighted by Gasteiger charge is 2.36. The van der Waals surface area contributed by atoms with Gasteiger partial charge in [0.05, 0.1) is 10.9 Å². The lowest BCUT2D eigenvalue weighted by atomic mass is 10.1. The van der Waals surface area contributed by atoms with Gasteiger partial charge in [-0.05, 0) is 48.0 Å². The van der Waals surface area contributed by atoms with E-state index in [9.17, 15) is 18.0 Å². The highest BCUT2D eigenvalue weighted by Crippen LogP contribution is 2.36. The summed E-state index contributed by atoms with van der Waals surface area (Å²) in [6, 6.07) is 22.7. The summed E-state index contributed by atoms with van der Waals surface area (Å²) in [6.07, 6.45) is -5.32. The van der Waals surface area contributed by atoms with Crippen molar-refractivity contribution in [3.05, 3.63) is 117 Å². The number of amidine groups is 1. The molecule has 0 radical (unpaired) electrons. The largest absolute Gasteiger partial charge is 0.457 e. The molecule has 3 aromatic carbocycles. The maximum absolute atomic E-state index is 13.3. The minimum Gasteiger partial charge on any atom is -0.457 e. The molecule has 0 fully saturated rings. The van der Waals surface area contributed by atoms with Gasteiger partial charge in [0.15, 0.2) is 10.9 Å². The van der Waals surface area contributed by atoms with Crippen LogP contribution in [0.15, 0.2) is 99.4 Å². The van der Waals surface area contributed by atoms with Gasteiger partial charge < -0.3 is 4.42 Å². The van der Waals surface area contributed by atoms with Gasteiger partial charge in [0.25, 0.3) is 5.91 Å². The number of thioether (sulfide) groups is 1. The summed E-state index contributed by atoms with van der Waals surface area (Å²) in [6.45, 7) is 0. The molecule has 0 saturated carbocycles. The highest BCUT2D eigenvalue weighted by molar-refractivity contribution is 8.13. The Morgan fingerprint density at radius 1 is 1.00 bits per heavy atom. The van der Waals surface area contributed by atoms with Crippen molar-refractivity contribution in [3.8, 4) is 11.3 Å². The lowest BCUT2D eigenvalue weighted by Gasteiger charge is -2.32. The van der Waals surface area contributed by atoms with Crippen LogP contribution in [0.1, 0.15) is 23.1 Å². The Morgan fingerprint density at radius 3 is 2.59 bits per heavy atom. The Morgan fingerprint density at radius 2 is 1.79 bits per heavy atom. The highest BCUT2D eigenvalue weighted by atomic mass is 35.5. The molecule has 2 aliphatic rings. The van der Waals surface area contributed by atoms with Crippen molar-refractivity contribution in [1.29, 1.82) is 0 Å². The second kappa shape index (κ2) is 9.94. The molecule has 6 nitrogen and oxygen atoms in total. The molecule has 11 heteroatoms. The molecule has 0 bridgehead atoms. The molecule has 196 valence electrons. The molecule has 1 atom stereocenters. The predicted molar refractivity (Wildman–Crippen MR) is 143 cm³/mol. The molecule has 4 aromatic rings. The van der Waals surface area contributed by atoms with E-state index in [4.69, 9.17) is 21.0 Å². The minimum absolute atomic E-state index is 0.245. The van der Waals surface area contributed by atoms with Gasteiger partial charge in [0.1, 0.15) is 11.5 Å². The molecule has 1 aromatic heterocycles. The second-order valence-electron chi connectivity index (χ2n) is 8.77. The SMILES string of the molecule is O=C1NC(SCc2ccc(Cl)cc2)=NN2C1=c1ccccc1=N[C@H]2c1ccc(-c2cccc(C(F)(F)F)c2)o1. The number of benzene rings is 3. The van der Waals surface area contributed by atoms with Gasteiger partial charge in [-0.15, -0.1) is 5.10 Å². The molecule has 0 spiro atoms. The van der Waals surface area contributed by atoms with Gasteiger partial charge in [-0.25, -0.2) is 10.0 Å². The zero-order valence-electron chi connectivity index (χ0n) is 19.9. The number of amides is 1. The van der Waals surface area contributed by atoms with Crippen LogP contribution in [-0.2, 0) is 16.7 Å². The van der Waals surface area contributed by atoms with Crippen LogP contribution in [0, 0.1) is 0 Å². The first-order valence-electron chi connectivity index (χ1n) is 11.8. The zero-order chi connectivity index (χ0) is 27.1. The van der Waals surface area contributed by atoms with Crippen molar-refractivity contribution < 1.29 is 22.4 Å². The molecule has 1 N–H and O–H groups in total. The van der Waals surface area contributed by atoms with Crippen molar-refractivity contribution in [1.82, 2.24) is 10.3 Å². The van der Waals surface area contributed by atoms with Gasteiger partial charge in [0, 0.05) is 21.6 Å². The van der Waals surface area contributed by atoms with E-state index >= 15 is 0 Å². The van der Waals surface area contributed by atoms with Crippen LogP contribution in [0.25, 0.3) is 17.0 Å². The lowest BCUT2D eigenvalue weighted by molar-refractivity contribution is -0.137. The fourth-order valence-corrected chi connectivity index (χ4v) is 5.24. The number of hydrogen-bond donors (Lipinski definition) is 1. The third-order valence-electron chi connectivity index (χ3n) is 6.16. The maximum Gasteiger partial charge on any atom is 0.416 e. The van der Waals surface area contributed by atoms with E-state index in [2.05, 4.69) is 10.4 Å². The molecule has 1 amide bonds. The number of fused-ring (bicyclic) bond motifs is 2. The van der Waals surface area contributed by atoms with Crippen molar-refractivity contribution in [3.63, 3.8) is 0 Å². The molecular weight excluding hydrogens is 549 g/mol. The van der Waals surface area contributed by atoms with E-state index in [0.717, 1.165) is 17.7 Å². The summed E-state index contributed by atoms with van der Waals surface area (Å²) in [5, 5.41) is 11.2. The van der Waals surface area contributed by atoms with Gasteiger partial charge in [-0.3, -0.25) is 10.1 Å². The molecule has 39 heavy (non-hydrogen) atoms. The summed E-state index contributed by atoms with van der Waals surface area (Å²) in [4.78, 5) is 18.1. The minimum atomic E-state index is -4.48. The van der Waals surface area contributed by atoms with Gasteiger partial charge in [-0.2, -0.15) is 13.2 Å². The fourth-order valence-electron chi connectivity index (χ4n) is 4.31. The summed E-state index contributed by atoms with van der Waals surface area (Å²) >= 11 is 7.32. The smallest absolute Gasteiger partial charge is 0.416 e. The number of para-hydroxylation sites is 1. The zero-order valence-corrected chi connectivity index (χ0v) is 21.5. The predicted octanol–water partition coefficient (Wildman–Crippen LogP) is 5.70. The van der Waals surface area contributed by atoms with E-state index in [0.29, 0.717) is 38.0 Å². The van der Waals surface area contributed by atoms with Crippen molar-refractivity contribution in [2.75, 3.05) is 0 Å². The quantitative estimate of drug-likeness (QED) is 0.344.